The molecule has 0 aliphatic carbocycles. The lowest BCUT2D eigenvalue weighted by Gasteiger charge is -2.13. The van der Waals surface area contributed by atoms with Crippen LogP contribution in [0.4, 0.5) is 10.5 Å². The summed E-state index contributed by atoms with van der Waals surface area (Å²) in [7, 11) is 0. The highest BCUT2D eigenvalue weighted by molar-refractivity contribution is 14.1. The summed E-state index contributed by atoms with van der Waals surface area (Å²) in [6, 6.07) is 5.54. The number of hydrogen-bond donors (Lipinski definition) is 1. The van der Waals surface area contributed by atoms with Crippen LogP contribution in [0.25, 0.3) is 0 Å². The zero-order chi connectivity index (χ0) is 10.6. The fourth-order valence-electron chi connectivity index (χ4n) is 1.29. The number of benzene rings is 1. The number of carboxylic acid groups (broad SMARTS) is 1. The van der Waals surface area contributed by atoms with Crippen molar-refractivity contribution in [2.45, 2.75) is 19.8 Å². The third kappa shape index (κ3) is 2.87. The SMILES string of the molecule is CCCc1c(I)cccc1NC(=O)[O-]. The summed E-state index contributed by atoms with van der Waals surface area (Å²) < 4.78 is 1.08. The molecule has 76 valence electrons. The first kappa shape index (κ1) is 11.3. The Bertz CT molecular complexity index is 339. The molecule has 4 heteroatoms. The van der Waals surface area contributed by atoms with E-state index >= 15 is 0 Å². The molecule has 1 N–H and O–H groups in total. The quantitative estimate of drug-likeness (QED) is 0.868. The second-order valence-electron chi connectivity index (χ2n) is 2.93. The van der Waals surface area contributed by atoms with Crippen LogP contribution in [0.1, 0.15) is 18.9 Å². The van der Waals surface area contributed by atoms with Gasteiger partial charge in [0.05, 0.1) is 0 Å². The summed E-state index contributed by atoms with van der Waals surface area (Å²) in [5, 5.41) is 12.7. The van der Waals surface area contributed by atoms with Gasteiger partial charge in [-0.25, -0.2) is 0 Å². The molecular formula is C10H11INO2-. The van der Waals surface area contributed by atoms with Crippen molar-refractivity contribution >= 4 is 34.4 Å². The highest BCUT2D eigenvalue weighted by Crippen LogP contribution is 2.22. The van der Waals surface area contributed by atoms with Gasteiger partial charge in [-0.15, -0.1) is 0 Å². The molecule has 3 nitrogen and oxygen atoms in total. The van der Waals surface area contributed by atoms with Gasteiger partial charge < -0.3 is 15.2 Å². The number of carbonyl (C=O) groups excluding carboxylic acids is 1. The number of hydrogen-bond acceptors (Lipinski definition) is 2. The maximum Gasteiger partial charge on any atom is 0.138 e. The average Bonchev–Trinajstić information content (AvgIpc) is 2.10. The van der Waals surface area contributed by atoms with Gasteiger partial charge in [0.2, 0.25) is 0 Å². The van der Waals surface area contributed by atoms with E-state index in [0.29, 0.717) is 5.69 Å². The van der Waals surface area contributed by atoms with E-state index in [1.54, 1.807) is 6.07 Å². The summed E-state index contributed by atoms with van der Waals surface area (Å²) in [4.78, 5) is 10.4. The molecule has 1 rings (SSSR count). The van der Waals surface area contributed by atoms with Gasteiger partial charge in [-0.1, -0.05) is 19.4 Å². The van der Waals surface area contributed by atoms with Crippen LogP contribution in [0, 0.1) is 3.57 Å². The molecular weight excluding hydrogens is 293 g/mol. The summed E-state index contributed by atoms with van der Waals surface area (Å²) in [6.45, 7) is 2.06. The van der Waals surface area contributed by atoms with E-state index in [0.717, 1.165) is 22.0 Å². The van der Waals surface area contributed by atoms with Crippen LogP contribution in [0.5, 0.6) is 0 Å². The topological polar surface area (TPSA) is 52.2 Å². The molecule has 0 atom stereocenters. The summed E-state index contributed by atoms with van der Waals surface area (Å²) in [5.41, 5.74) is 1.68. The molecule has 0 bridgehead atoms. The van der Waals surface area contributed by atoms with Crippen LogP contribution in [0.3, 0.4) is 0 Å². The summed E-state index contributed by atoms with van der Waals surface area (Å²) in [6.07, 6.45) is 0.598. The Balaban J connectivity index is 3.01. The second-order valence-corrected chi connectivity index (χ2v) is 4.09. The van der Waals surface area contributed by atoms with E-state index in [1.165, 1.54) is 0 Å². The van der Waals surface area contributed by atoms with Crippen molar-refractivity contribution in [1.29, 1.82) is 0 Å². The molecule has 0 saturated carbocycles. The number of rotatable bonds is 3. The van der Waals surface area contributed by atoms with E-state index < -0.39 is 6.09 Å². The van der Waals surface area contributed by atoms with E-state index in [1.807, 2.05) is 12.1 Å². The lowest BCUT2D eigenvalue weighted by molar-refractivity contribution is -0.242. The first-order valence-electron chi connectivity index (χ1n) is 4.40. The largest absolute Gasteiger partial charge is 0.530 e. The molecule has 0 fully saturated rings. The van der Waals surface area contributed by atoms with Gasteiger partial charge in [-0.3, -0.25) is 0 Å². The smallest absolute Gasteiger partial charge is 0.138 e. The van der Waals surface area contributed by atoms with Gasteiger partial charge >= 0.3 is 0 Å². The first-order valence-corrected chi connectivity index (χ1v) is 5.48. The predicted octanol–water partition coefficient (Wildman–Crippen LogP) is 2.00. The number of nitrogens with one attached hydrogen (secondary N) is 1. The molecule has 1 aromatic rings. The third-order valence-electron chi connectivity index (χ3n) is 1.86. The lowest BCUT2D eigenvalue weighted by Crippen LogP contribution is -2.29. The van der Waals surface area contributed by atoms with E-state index in [9.17, 15) is 9.90 Å². The fourth-order valence-corrected chi connectivity index (χ4v) is 2.06. The zero-order valence-electron chi connectivity index (χ0n) is 7.84. The Hall–Kier alpha value is -0.780. The molecule has 0 aliphatic rings. The van der Waals surface area contributed by atoms with Gasteiger partial charge in [-0.05, 0) is 46.7 Å². The Morgan fingerprint density at radius 2 is 2.29 bits per heavy atom. The van der Waals surface area contributed by atoms with Crippen LogP contribution in [-0.2, 0) is 6.42 Å². The molecule has 0 aliphatic heterocycles. The molecule has 0 unspecified atom stereocenters. The Labute approximate surface area is 96.7 Å². The van der Waals surface area contributed by atoms with Gasteiger partial charge in [0, 0.05) is 9.26 Å². The molecule has 1 amide bonds. The Morgan fingerprint density at radius 3 is 2.86 bits per heavy atom. The van der Waals surface area contributed by atoms with Crippen molar-refractivity contribution < 1.29 is 9.90 Å². The van der Waals surface area contributed by atoms with Crippen molar-refractivity contribution in [2.75, 3.05) is 5.32 Å². The van der Waals surface area contributed by atoms with Crippen LogP contribution < -0.4 is 10.4 Å². The molecule has 1 aromatic carbocycles. The Morgan fingerprint density at radius 1 is 1.57 bits per heavy atom. The minimum Gasteiger partial charge on any atom is -0.530 e. The molecule has 0 heterocycles. The Kier molecular flexibility index (Phi) is 4.19. The van der Waals surface area contributed by atoms with Crippen molar-refractivity contribution in [3.8, 4) is 0 Å². The minimum absolute atomic E-state index is 0.638. The number of halogens is 1. The number of amides is 1. The fraction of sp³-hybridized carbons (Fsp3) is 0.300. The summed E-state index contributed by atoms with van der Waals surface area (Å²) >= 11 is 2.20. The third-order valence-corrected chi connectivity index (χ3v) is 2.87. The normalized spacial score (nSPS) is 9.86. The maximum atomic E-state index is 10.4. The highest BCUT2D eigenvalue weighted by atomic mass is 127. The monoisotopic (exact) mass is 304 g/mol. The van der Waals surface area contributed by atoms with E-state index in [4.69, 9.17) is 0 Å². The van der Waals surface area contributed by atoms with E-state index in [-0.39, 0.29) is 0 Å². The van der Waals surface area contributed by atoms with Crippen molar-refractivity contribution in [3.05, 3.63) is 27.3 Å². The second kappa shape index (κ2) is 5.19. The predicted molar refractivity (Wildman–Crippen MR) is 62.2 cm³/mol. The van der Waals surface area contributed by atoms with Crippen LogP contribution in [-0.4, -0.2) is 6.09 Å². The van der Waals surface area contributed by atoms with Crippen molar-refractivity contribution in [3.63, 3.8) is 0 Å². The zero-order valence-corrected chi connectivity index (χ0v) is 10.00. The van der Waals surface area contributed by atoms with Gasteiger partial charge in [-0.2, -0.15) is 0 Å². The highest BCUT2D eigenvalue weighted by Gasteiger charge is 2.04. The molecule has 0 aromatic heterocycles. The van der Waals surface area contributed by atoms with E-state index in [2.05, 4.69) is 34.8 Å². The van der Waals surface area contributed by atoms with Gasteiger partial charge in [0.1, 0.15) is 6.09 Å². The maximum absolute atomic E-state index is 10.4. The van der Waals surface area contributed by atoms with Crippen LogP contribution in [0.15, 0.2) is 18.2 Å². The van der Waals surface area contributed by atoms with Crippen LogP contribution in [0.2, 0.25) is 0 Å². The molecule has 0 spiro atoms. The van der Waals surface area contributed by atoms with Crippen molar-refractivity contribution in [1.82, 2.24) is 0 Å². The first-order chi connectivity index (χ1) is 6.65. The van der Waals surface area contributed by atoms with Crippen LogP contribution >= 0.6 is 22.6 Å². The standard InChI is InChI=1S/C10H12INO2/c1-2-4-7-8(11)5-3-6-9(7)12-10(13)14/h3,5-6,12H,2,4H2,1H3,(H,13,14)/p-1. The summed E-state index contributed by atoms with van der Waals surface area (Å²) in [5.74, 6) is 0. The lowest BCUT2D eigenvalue weighted by atomic mass is 10.1. The van der Waals surface area contributed by atoms with Gasteiger partial charge in [0.25, 0.3) is 0 Å². The minimum atomic E-state index is -1.26. The molecule has 0 radical (unpaired) electrons. The number of carbonyl (C=O) groups is 1. The van der Waals surface area contributed by atoms with Gasteiger partial charge in [0.15, 0.2) is 0 Å². The average molecular weight is 304 g/mol. The molecule has 0 saturated heterocycles. The number of anilines is 1. The van der Waals surface area contributed by atoms with Crippen molar-refractivity contribution in [2.24, 2.45) is 0 Å². The molecule has 14 heavy (non-hydrogen) atoms.